The van der Waals surface area contributed by atoms with Crippen molar-refractivity contribution in [1.29, 1.82) is 0 Å². The van der Waals surface area contributed by atoms with Crippen molar-refractivity contribution in [2.75, 3.05) is 19.7 Å². The van der Waals surface area contributed by atoms with Gasteiger partial charge in [-0.2, -0.15) is 0 Å². The minimum atomic E-state index is -0.991. The van der Waals surface area contributed by atoms with Crippen LogP contribution in [0.5, 0.6) is 0 Å². The van der Waals surface area contributed by atoms with Gasteiger partial charge in [-0.3, -0.25) is 4.79 Å². The van der Waals surface area contributed by atoms with Crippen LogP contribution in [0.4, 0.5) is 4.79 Å². The first-order valence-corrected chi connectivity index (χ1v) is 11.9. The molecular weight excluding hydrogens is 432 g/mol. The second-order valence-corrected chi connectivity index (χ2v) is 9.82. The molecule has 0 aromatic heterocycles. The van der Waals surface area contributed by atoms with Gasteiger partial charge in [0.25, 0.3) is 0 Å². The van der Waals surface area contributed by atoms with E-state index in [9.17, 15) is 19.5 Å². The summed E-state index contributed by atoms with van der Waals surface area (Å²) in [5, 5.41) is 12.4. The van der Waals surface area contributed by atoms with Crippen LogP contribution in [0.2, 0.25) is 0 Å². The maximum atomic E-state index is 13.1. The number of aliphatic carboxylic acids is 1. The van der Waals surface area contributed by atoms with Crippen molar-refractivity contribution in [2.24, 2.45) is 11.3 Å². The Morgan fingerprint density at radius 3 is 2.24 bits per heavy atom. The average molecular weight is 465 g/mol. The Morgan fingerprint density at radius 2 is 1.68 bits per heavy atom. The van der Waals surface area contributed by atoms with Gasteiger partial charge < -0.3 is 20.1 Å². The number of ether oxygens (including phenoxy) is 1. The molecule has 1 fully saturated rings. The quantitative estimate of drug-likeness (QED) is 0.638. The van der Waals surface area contributed by atoms with Crippen LogP contribution in [0.25, 0.3) is 11.1 Å². The summed E-state index contributed by atoms with van der Waals surface area (Å²) in [5.41, 5.74) is 4.10. The first-order valence-electron chi connectivity index (χ1n) is 11.9. The summed E-state index contributed by atoms with van der Waals surface area (Å²) in [6, 6.07) is 15.4. The van der Waals surface area contributed by atoms with Gasteiger partial charge in [-0.25, -0.2) is 9.59 Å². The molecular formula is C27H32N2O5. The third-order valence-electron chi connectivity index (χ3n) is 7.24. The van der Waals surface area contributed by atoms with Crippen molar-refractivity contribution in [1.82, 2.24) is 10.2 Å². The maximum Gasteiger partial charge on any atom is 0.407 e. The van der Waals surface area contributed by atoms with E-state index in [0.717, 1.165) is 22.3 Å². The van der Waals surface area contributed by atoms with Crippen LogP contribution in [0.1, 0.15) is 50.7 Å². The Labute approximate surface area is 200 Å². The van der Waals surface area contributed by atoms with Gasteiger partial charge in [-0.05, 0) is 40.5 Å². The number of carboxylic acid groups (broad SMARTS) is 1. The molecule has 0 radical (unpaired) electrons. The lowest BCUT2D eigenvalue weighted by molar-refractivity contribution is -0.152. The fourth-order valence-electron chi connectivity index (χ4n) is 5.30. The number of carboxylic acids is 1. The number of nitrogens with one attached hydrogen (secondary N) is 1. The highest BCUT2D eigenvalue weighted by Gasteiger charge is 2.48. The minimum absolute atomic E-state index is 0.0371. The Morgan fingerprint density at radius 1 is 1.09 bits per heavy atom. The van der Waals surface area contributed by atoms with Crippen LogP contribution in [0, 0.1) is 11.3 Å². The molecule has 2 aliphatic rings. The second-order valence-electron chi connectivity index (χ2n) is 9.82. The summed E-state index contributed by atoms with van der Waals surface area (Å²) < 4.78 is 5.56. The summed E-state index contributed by atoms with van der Waals surface area (Å²) in [4.78, 5) is 38.9. The molecule has 1 aliphatic heterocycles. The number of hydrogen-bond acceptors (Lipinski definition) is 4. The molecule has 2 N–H and O–H groups in total. The van der Waals surface area contributed by atoms with Crippen LogP contribution < -0.4 is 5.32 Å². The Hall–Kier alpha value is -3.35. The van der Waals surface area contributed by atoms with Crippen LogP contribution >= 0.6 is 0 Å². The molecule has 180 valence electrons. The van der Waals surface area contributed by atoms with E-state index in [1.165, 1.54) is 4.90 Å². The van der Waals surface area contributed by atoms with Crippen LogP contribution in [-0.2, 0) is 14.3 Å². The first-order chi connectivity index (χ1) is 16.2. The lowest BCUT2D eigenvalue weighted by Gasteiger charge is -2.31. The van der Waals surface area contributed by atoms with Crippen LogP contribution in [0.3, 0.4) is 0 Å². The number of nitrogens with zero attached hydrogens (tertiary/aromatic N) is 1. The lowest BCUT2D eigenvalue weighted by Crippen LogP contribution is -2.49. The van der Waals surface area contributed by atoms with Gasteiger partial charge >= 0.3 is 12.1 Å². The van der Waals surface area contributed by atoms with E-state index in [1.54, 1.807) is 0 Å². The average Bonchev–Trinajstić information content (AvgIpc) is 3.31. The predicted molar refractivity (Wildman–Crippen MR) is 128 cm³/mol. The third-order valence-corrected chi connectivity index (χ3v) is 7.24. The topological polar surface area (TPSA) is 95.9 Å². The largest absolute Gasteiger partial charge is 0.480 e. The van der Waals surface area contributed by atoms with Gasteiger partial charge in [0, 0.05) is 19.0 Å². The number of amides is 2. The normalized spacial score (nSPS) is 19.3. The van der Waals surface area contributed by atoms with E-state index < -0.39 is 29.4 Å². The molecule has 7 heteroatoms. The Bertz CT molecular complexity index is 1050. The maximum absolute atomic E-state index is 13.1. The lowest BCUT2D eigenvalue weighted by atomic mass is 9.84. The molecule has 2 unspecified atom stereocenters. The van der Waals surface area contributed by atoms with Crippen molar-refractivity contribution >= 4 is 18.0 Å². The van der Waals surface area contributed by atoms with Crippen molar-refractivity contribution in [3.05, 3.63) is 59.7 Å². The fraction of sp³-hybridized carbons (Fsp3) is 0.444. The van der Waals surface area contributed by atoms with Gasteiger partial charge in [0.15, 0.2) is 0 Å². The van der Waals surface area contributed by atoms with E-state index >= 15 is 0 Å². The number of hydrogen-bond donors (Lipinski definition) is 2. The zero-order chi connectivity index (χ0) is 24.5. The van der Waals surface area contributed by atoms with E-state index in [0.29, 0.717) is 19.4 Å². The van der Waals surface area contributed by atoms with Crippen molar-refractivity contribution in [2.45, 2.75) is 45.6 Å². The Kier molecular flexibility index (Phi) is 6.64. The second kappa shape index (κ2) is 9.49. The molecule has 7 nitrogen and oxygen atoms in total. The summed E-state index contributed by atoms with van der Waals surface area (Å²) in [6.07, 6.45) is 0.544. The van der Waals surface area contributed by atoms with E-state index in [1.807, 2.05) is 45.0 Å². The minimum Gasteiger partial charge on any atom is -0.480 e. The number of carbonyl (C=O) groups is 3. The Balaban J connectivity index is 1.36. The molecule has 2 aromatic rings. The highest BCUT2D eigenvalue weighted by atomic mass is 16.5. The molecule has 0 spiro atoms. The van der Waals surface area contributed by atoms with Crippen LogP contribution in [-0.4, -0.2) is 53.7 Å². The highest BCUT2D eigenvalue weighted by Crippen LogP contribution is 2.44. The first kappa shape index (κ1) is 23.8. The highest BCUT2D eigenvalue weighted by molar-refractivity contribution is 5.87. The van der Waals surface area contributed by atoms with E-state index in [-0.39, 0.29) is 25.0 Å². The monoisotopic (exact) mass is 464 g/mol. The van der Waals surface area contributed by atoms with Gasteiger partial charge in [-0.1, -0.05) is 69.3 Å². The number of alkyl carbamates (subject to hydrolysis) is 1. The van der Waals surface area contributed by atoms with Crippen LogP contribution in [0.15, 0.2) is 48.5 Å². The van der Waals surface area contributed by atoms with Gasteiger partial charge in [0.05, 0.1) is 5.92 Å². The molecule has 1 aliphatic carbocycles. The zero-order valence-corrected chi connectivity index (χ0v) is 19.9. The smallest absolute Gasteiger partial charge is 0.407 e. The number of benzene rings is 2. The summed E-state index contributed by atoms with van der Waals surface area (Å²) in [5.74, 6) is -1.77. The molecule has 2 aromatic carbocycles. The zero-order valence-electron chi connectivity index (χ0n) is 19.9. The van der Waals surface area contributed by atoms with E-state index in [2.05, 4.69) is 29.6 Å². The van der Waals surface area contributed by atoms with Gasteiger partial charge in [0.2, 0.25) is 5.91 Å². The summed E-state index contributed by atoms with van der Waals surface area (Å²) in [6.45, 7) is 6.31. The molecule has 34 heavy (non-hydrogen) atoms. The summed E-state index contributed by atoms with van der Waals surface area (Å²) in [7, 11) is 0. The molecule has 2 atom stereocenters. The van der Waals surface area contributed by atoms with Crippen molar-refractivity contribution < 1.29 is 24.2 Å². The SMILES string of the molecule is CCC(CNC(=O)OCC1c2ccccc2-c2ccccc21)C(=O)N1CCC(C)(C)C1C(=O)O. The number of rotatable bonds is 7. The van der Waals surface area contributed by atoms with E-state index in [4.69, 9.17) is 4.74 Å². The number of carbonyl (C=O) groups excluding carboxylic acids is 2. The number of fused-ring (bicyclic) bond motifs is 3. The predicted octanol–water partition coefficient (Wildman–Crippen LogP) is 4.26. The van der Waals surface area contributed by atoms with Crippen molar-refractivity contribution in [3.63, 3.8) is 0 Å². The molecule has 2 amide bonds. The number of likely N-dealkylation sites (tertiary alicyclic amines) is 1. The summed E-state index contributed by atoms with van der Waals surface area (Å²) >= 11 is 0. The van der Waals surface area contributed by atoms with Gasteiger partial charge in [0.1, 0.15) is 12.6 Å². The van der Waals surface area contributed by atoms with Gasteiger partial charge in [-0.15, -0.1) is 0 Å². The standard InChI is InChI=1S/C27H32N2O5/c1-4-17(24(30)29-14-13-27(2,3)23(29)25(31)32)15-28-26(33)34-16-22-20-11-7-5-9-18(20)19-10-6-8-12-21(19)22/h5-12,17,22-23H,4,13-16H2,1-3H3,(H,28,33)(H,31,32). The third kappa shape index (κ3) is 4.39. The fourth-order valence-corrected chi connectivity index (χ4v) is 5.30. The molecule has 1 heterocycles. The molecule has 1 saturated heterocycles. The molecule has 0 bridgehead atoms. The molecule has 4 rings (SSSR count). The van der Waals surface area contributed by atoms with Crippen molar-refractivity contribution in [3.8, 4) is 11.1 Å². The molecule has 0 saturated carbocycles.